The predicted molar refractivity (Wildman–Crippen MR) is 119 cm³/mol. The first-order valence-corrected chi connectivity index (χ1v) is 11.1. The molecule has 0 atom stereocenters. The summed E-state index contributed by atoms with van der Waals surface area (Å²) < 4.78 is 5.47. The van der Waals surface area contributed by atoms with Crippen molar-refractivity contribution >= 4 is 22.4 Å². The highest BCUT2D eigenvalue weighted by Gasteiger charge is 2.23. The van der Waals surface area contributed by atoms with Crippen LogP contribution in [0.3, 0.4) is 0 Å². The van der Waals surface area contributed by atoms with Crippen molar-refractivity contribution in [1.82, 2.24) is 14.9 Å². The van der Waals surface area contributed by atoms with Crippen LogP contribution >= 0.6 is 11.3 Å². The summed E-state index contributed by atoms with van der Waals surface area (Å²) in [5, 5.41) is 5.37. The Labute approximate surface area is 180 Å². The average Bonchev–Trinajstić information content (AvgIpc) is 3.28. The highest BCUT2D eigenvalue weighted by molar-refractivity contribution is 7.13. The second-order valence-electron chi connectivity index (χ2n) is 7.48. The topological polar surface area (TPSA) is 67.3 Å². The van der Waals surface area contributed by atoms with Gasteiger partial charge in [-0.15, -0.1) is 11.3 Å². The van der Waals surface area contributed by atoms with Crippen LogP contribution in [0.5, 0.6) is 5.75 Å². The van der Waals surface area contributed by atoms with E-state index in [2.05, 4.69) is 39.5 Å². The summed E-state index contributed by atoms with van der Waals surface area (Å²) in [6, 6.07) is 14.4. The fourth-order valence-electron chi connectivity index (χ4n) is 3.90. The predicted octanol–water partition coefficient (Wildman–Crippen LogP) is 3.96. The number of thiazole rings is 1. The lowest BCUT2D eigenvalue weighted by Crippen LogP contribution is -2.38. The molecule has 1 N–H and O–H groups in total. The van der Waals surface area contributed by atoms with Crippen LogP contribution in [0.1, 0.15) is 35.7 Å². The van der Waals surface area contributed by atoms with Gasteiger partial charge in [0.1, 0.15) is 5.75 Å². The summed E-state index contributed by atoms with van der Waals surface area (Å²) in [7, 11) is 1.70. The number of aromatic nitrogens is 2. The van der Waals surface area contributed by atoms with Crippen LogP contribution in [0.15, 0.2) is 54.0 Å². The molecule has 30 heavy (non-hydrogen) atoms. The number of methoxy groups -OCH3 is 1. The SMILES string of the molecule is COc1ccccc1Cc1cccc(C2CCN(CC(=O)Nc3nccs3)CC2)n1. The number of benzene rings is 1. The lowest BCUT2D eigenvalue weighted by molar-refractivity contribution is -0.117. The molecule has 0 aliphatic carbocycles. The van der Waals surface area contributed by atoms with Gasteiger partial charge in [-0.2, -0.15) is 0 Å². The number of pyridine rings is 1. The summed E-state index contributed by atoms with van der Waals surface area (Å²) in [6.45, 7) is 2.20. The Morgan fingerprint density at radius 3 is 2.80 bits per heavy atom. The fraction of sp³-hybridized carbons (Fsp3) is 0.348. The maximum absolute atomic E-state index is 12.2. The number of carbonyl (C=O) groups excluding carboxylic acids is 1. The molecule has 1 saturated heterocycles. The van der Waals surface area contributed by atoms with E-state index >= 15 is 0 Å². The summed E-state index contributed by atoms with van der Waals surface area (Å²) in [5.74, 6) is 1.33. The molecule has 6 nitrogen and oxygen atoms in total. The van der Waals surface area contributed by atoms with Gasteiger partial charge in [0.15, 0.2) is 5.13 Å². The maximum Gasteiger partial charge on any atom is 0.240 e. The van der Waals surface area contributed by atoms with Crippen LogP contribution in [-0.2, 0) is 11.2 Å². The molecule has 0 saturated carbocycles. The molecular formula is C23H26N4O2S. The molecule has 1 fully saturated rings. The third-order valence-electron chi connectivity index (χ3n) is 5.44. The summed E-state index contributed by atoms with van der Waals surface area (Å²) in [4.78, 5) is 23.4. The van der Waals surface area contributed by atoms with Crippen LogP contribution < -0.4 is 10.1 Å². The van der Waals surface area contributed by atoms with Gasteiger partial charge in [-0.25, -0.2) is 4.98 Å². The fourth-order valence-corrected chi connectivity index (χ4v) is 4.45. The van der Waals surface area contributed by atoms with E-state index in [9.17, 15) is 4.79 Å². The first kappa shape index (κ1) is 20.5. The first-order valence-electron chi connectivity index (χ1n) is 10.2. The number of hydrogen-bond donors (Lipinski definition) is 1. The Balaban J connectivity index is 1.32. The van der Waals surface area contributed by atoms with E-state index in [0.29, 0.717) is 17.6 Å². The van der Waals surface area contributed by atoms with E-state index < -0.39 is 0 Å². The zero-order valence-corrected chi connectivity index (χ0v) is 17.9. The van der Waals surface area contributed by atoms with Crippen molar-refractivity contribution in [3.05, 3.63) is 71.0 Å². The Morgan fingerprint density at radius 2 is 2.03 bits per heavy atom. The maximum atomic E-state index is 12.2. The molecule has 1 aliphatic rings. The Kier molecular flexibility index (Phi) is 6.71. The van der Waals surface area contributed by atoms with Crippen molar-refractivity contribution < 1.29 is 9.53 Å². The second-order valence-corrected chi connectivity index (χ2v) is 8.37. The lowest BCUT2D eigenvalue weighted by atomic mass is 9.92. The van der Waals surface area contributed by atoms with Crippen LogP contribution in [0.4, 0.5) is 5.13 Å². The van der Waals surface area contributed by atoms with Gasteiger partial charge in [-0.1, -0.05) is 24.3 Å². The van der Waals surface area contributed by atoms with E-state index in [1.54, 1.807) is 13.3 Å². The molecule has 0 unspecified atom stereocenters. The van der Waals surface area contributed by atoms with Crippen molar-refractivity contribution in [2.45, 2.75) is 25.2 Å². The number of piperidine rings is 1. The van der Waals surface area contributed by atoms with Gasteiger partial charge in [-0.3, -0.25) is 14.7 Å². The number of para-hydroxylation sites is 1. The van der Waals surface area contributed by atoms with Crippen LogP contribution in [-0.4, -0.2) is 47.5 Å². The number of carbonyl (C=O) groups is 1. The zero-order chi connectivity index (χ0) is 20.8. The number of rotatable bonds is 7. The third kappa shape index (κ3) is 5.23. The minimum atomic E-state index is 0.000306. The summed E-state index contributed by atoms with van der Waals surface area (Å²) in [6.07, 6.45) is 4.47. The van der Waals surface area contributed by atoms with E-state index in [0.717, 1.165) is 55.1 Å². The van der Waals surface area contributed by atoms with Crippen molar-refractivity contribution in [2.24, 2.45) is 0 Å². The summed E-state index contributed by atoms with van der Waals surface area (Å²) >= 11 is 1.44. The number of anilines is 1. The molecule has 1 aliphatic heterocycles. The number of nitrogens with zero attached hydrogens (tertiary/aromatic N) is 3. The standard InChI is InChI=1S/C23H26N4O2S/c1-29-21-8-3-2-5-18(21)15-19-6-4-7-20(25-19)17-9-12-27(13-10-17)16-22(28)26-23-24-11-14-30-23/h2-8,11,14,17H,9-10,12-13,15-16H2,1H3,(H,24,26,28). The van der Waals surface area contributed by atoms with Gasteiger partial charge in [-0.05, 0) is 44.1 Å². The number of hydrogen-bond acceptors (Lipinski definition) is 6. The highest BCUT2D eigenvalue weighted by atomic mass is 32.1. The van der Waals surface area contributed by atoms with Gasteiger partial charge in [0, 0.05) is 40.9 Å². The monoisotopic (exact) mass is 422 g/mol. The smallest absolute Gasteiger partial charge is 0.240 e. The van der Waals surface area contributed by atoms with Gasteiger partial charge in [0.25, 0.3) is 0 Å². The highest BCUT2D eigenvalue weighted by Crippen LogP contribution is 2.28. The number of amides is 1. The molecule has 1 aromatic carbocycles. The van der Waals surface area contributed by atoms with Crippen LogP contribution in [0.2, 0.25) is 0 Å². The second kappa shape index (κ2) is 9.82. The first-order chi connectivity index (χ1) is 14.7. The van der Waals surface area contributed by atoms with E-state index in [4.69, 9.17) is 9.72 Å². The van der Waals surface area contributed by atoms with Crippen molar-refractivity contribution in [3.63, 3.8) is 0 Å². The largest absolute Gasteiger partial charge is 0.496 e. The van der Waals surface area contributed by atoms with Crippen LogP contribution in [0, 0.1) is 0 Å². The number of ether oxygens (including phenoxy) is 1. The average molecular weight is 423 g/mol. The molecule has 156 valence electrons. The van der Waals surface area contributed by atoms with Gasteiger partial charge in [0.05, 0.1) is 13.7 Å². The Bertz CT molecular complexity index is 969. The molecule has 0 bridgehead atoms. The Hall–Kier alpha value is -2.77. The normalized spacial score (nSPS) is 15.1. The minimum Gasteiger partial charge on any atom is -0.496 e. The van der Waals surface area contributed by atoms with Crippen molar-refractivity contribution in [1.29, 1.82) is 0 Å². The van der Waals surface area contributed by atoms with Crippen molar-refractivity contribution in [3.8, 4) is 5.75 Å². The van der Waals surface area contributed by atoms with E-state index in [-0.39, 0.29) is 5.91 Å². The third-order valence-corrected chi connectivity index (χ3v) is 6.13. The lowest BCUT2D eigenvalue weighted by Gasteiger charge is -2.31. The molecule has 3 aromatic rings. The quantitative estimate of drug-likeness (QED) is 0.624. The van der Waals surface area contributed by atoms with Gasteiger partial charge in [0.2, 0.25) is 5.91 Å². The van der Waals surface area contributed by atoms with Crippen molar-refractivity contribution in [2.75, 3.05) is 32.1 Å². The molecule has 1 amide bonds. The van der Waals surface area contributed by atoms with Gasteiger partial charge < -0.3 is 10.1 Å². The van der Waals surface area contributed by atoms with Gasteiger partial charge >= 0.3 is 0 Å². The minimum absolute atomic E-state index is 0.000306. The molecular weight excluding hydrogens is 396 g/mol. The number of nitrogens with one attached hydrogen (secondary N) is 1. The Morgan fingerprint density at radius 1 is 1.20 bits per heavy atom. The molecule has 0 spiro atoms. The molecule has 4 rings (SSSR count). The van der Waals surface area contributed by atoms with Crippen LogP contribution in [0.25, 0.3) is 0 Å². The van der Waals surface area contributed by atoms with E-state index in [1.165, 1.54) is 11.3 Å². The molecule has 0 radical (unpaired) electrons. The summed E-state index contributed by atoms with van der Waals surface area (Å²) in [5.41, 5.74) is 3.35. The molecule has 3 heterocycles. The zero-order valence-electron chi connectivity index (χ0n) is 17.1. The molecule has 2 aromatic heterocycles. The molecule has 7 heteroatoms. The van der Waals surface area contributed by atoms with E-state index in [1.807, 2.05) is 23.6 Å². The number of likely N-dealkylation sites (tertiary alicyclic amines) is 1.